The molecule has 14 heteroatoms. The van der Waals surface area contributed by atoms with Crippen molar-refractivity contribution in [2.75, 3.05) is 6.61 Å². The van der Waals surface area contributed by atoms with Gasteiger partial charge in [0.25, 0.3) is 11.2 Å². The molecule has 5 rings (SSSR count). The van der Waals surface area contributed by atoms with Gasteiger partial charge in [0.1, 0.15) is 18.0 Å². The number of ether oxygens (including phenoxy) is 2. The summed E-state index contributed by atoms with van der Waals surface area (Å²) in [6.45, 7) is -0.346. The molecule has 0 bridgehead atoms. The third kappa shape index (κ3) is 5.89. The lowest BCUT2D eigenvalue weighted by Gasteiger charge is -2.15. The molecular formula is C26H26N6O8. The molecule has 0 aliphatic carbocycles. The molecule has 0 spiro atoms. The van der Waals surface area contributed by atoms with Crippen LogP contribution in [0.4, 0.5) is 5.69 Å². The topological polar surface area (TPSA) is 188 Å². The molecule has 0 radical (unpaired) electrons. The molecule has 1 saturated heterocycles. The number of aromatic amines is 1. The minimum absolute atomic E-state index is 0.0516. The Kier molecular flexibility index (Phi) is 7.93. The molecule has 1 aliphatic rings. The number of aliphatic hydroxyl groups excluding tert-OH is 2. The van der Waals surface area contributed by atoms with Gasteiger partial charge in [0.2, 0.25) is 0 Å². The van der Waals surface area contributed by atoms with Gasteiger partial charge in [-0.15, -0.1) is 5.10 Å². The van der Waals surface area contributed by atoms with E-state index in [0.717, 1.165) is 10.1 Å². The minimum atomic E-state index is -0.967. The van der Waals surface area contributed by atoms with E-state index in [4.69, 9.17) is 9.47 Å². The van der Waals surface area contributed by atoms with Crippen LogP contribution in [0, 0.1) is 10.1 Å². The summed E-state index contributed by atoms with van der Waals surface area (Å²) in [7, 11) is 0. The molecule has 2 aromatic heterocycles. The maximum Gasteiger partial charge on any atom is 0.330 e. The number of hydrogen-bond donors (Lipinski definition) is 3. The third-order valence-electron chi connectivity index (χ3n) is 6.55. The molecule has 3 heterocycles. The van der Waals surface area contributed by atoms with Gasteiger partial charge in [-0.3, -0.25) is 24.5 Å². The summed E-state index contributed by atoms with van der Waals surface area (Å²) < 4.78 is 13.9. The maximum atomic E-state index is 12.3. The van der Waals surface area contributed by atoms with E-state index in [1.165, 1.54) is 12.3 Å². The normalized spacial score (nSPS) is 18.7. The highest BCUT2D eigenvalue weighted by atomic mass is 16.6. The van der Waals surface area contributed by atoms with Crippen molar-refractivity contribution in [3.05, 3.63) is 109 Å². The van der Waals surface area contributed by atoms with Crippen molar-refractivity contribution in [2.45, 2.75) is 44.6 Å². The van der Waals surface area contributed by atoms with Gasteiger partial charge in [-0.25, -0.2) is 9.48 Å². The Balaban J connectivity index is 1.28. The zero-order valence-corrected chi connectivity index (χ0v) is 21.1. The lowest BCUT2D eigenvalue weighted by atomic mass is 10.1. The maximum absolute atomic E-state index is 12.3. The summed E-state index contributed by atoms with van der Waals surface area (Å²) in [4.78, 5) is 38.1. The number of H-pyrrole nitrogens is 1. The van der Waals surface area contributed by atoms with E-state index in [9.17, 15) is 29.9 Å². The van der Waals surface area contributed by atoms with Crippen LogP contribution in [0.25, 0.3) is 11.3 Å². The Labute approximate surface area is 226 Å². The van der Waals surface area contributed by atoms with Crippen molar-refractivity contribution in [1.82, 2.24) is 24.5 Å². The highest BCUT2D eigenvalue weighted by molar-refractivity contribution is 5.63. The van der Waals surface area contributed by atoms with E-state index < -0.39 is 41.2 Å². The van der Waals surface area contributed by atoms with Gasteiger partial charge in [-0.05, 0) is 11.6 Å². The van der Waals surface area contributed by atoms with Gasteiger partial charge in [0.05, 0.1) is 54.7 Å². The van der Waals surface area contributed by atoms with E-state index >= 15 is 0 Å². The van der Waals surface area contributed by atoms with Crippen LogP contribution in [-0.2, 0) is 29.2 Å². The van der Waals surface area contributed by atoms with Crippen molar-refractivity contribution in [2.24, 2.45) is 0 Å². The van der Waals surface area contributed by atoms with E-state index in [1.54, 1.807) is 23.0 Å². The van der Waals surface area contributed by atoms with Crippen LogP contribution in [0.3, 0.4) is 0 Å². The average molecular weight is 551 g/mol. The SMILES string of the molecule is O=c1[nH]c(=O)n([C@H]2CC(O)[C@@H](CO)O2)cc1COCc1ccc(-c2cn(Cc3ccccc3)nn2)cc1[N+](=O)[O-]. The molecule has 0 saturated carbocycles. The van der Waals surface area contributed by atoms with Crippen LogP contribution in [-0.4, -0.2) is 58.5 Å². The Hall–Kier alpha value is -4.50. The molecule has 0 amide bonds. The number of nitrogens with zero attached hydrogens (tertiary/aromatic N) is 5. The van der Waals surface area contributed by atoms with Crippen LogP contribution < -0.4 is 11.2 Å². The highest BCUT2D eigenvalue weighted by Gasteiger charge is 2.35. The van der Waals surface area contributed by atoms with E-state index in [0.29, 0.717) is 17.8 Å². The quantitative estimate of drug-likeness (QED) is 0.191. The predicted molar refractivity (Wildman–Crippen MR) is 139 cm³/mol. The molecular weight excluding hydrogens is 524 g/mol. The second-order valence-corrected chi connectivity index (χ2v) is 9.32. The fourth-order valence-corrected chi connectivity index (χ4v) is 4.46. The summed E-state index contributed by atoms with van der Waals surface area (Å²) in [5, 5.41) is 39.3. The van der Waals surface area contributed by atoms with Crippen LogP contribution in [0.15, 0.2) is 70.5 Å². The summed E-state index contributed by atoms with van der Waals surface area (Å²) >= 11 is 0. The van der Waals surface area contributed by atoms with Crippen molar-refractivity contribution in [1.29, 1.82) is 0 Å². The summed E-state index contributed by atoms with van der Waals surface area (Å²) in [6, 6.07) is 14.3. The average Bonchev–Trinajstić information content (AvgIpc) is 3.56. The van der Waals surface area contributed by atoms with Crippen molar-refractivity contribution in [3.8, 4) is 11.3 Å². The second-order valence-electron chi connectivity index (χ2n) is 9.32. The number of aromatic nitrogens is 5. The monoisotopic (exact) mass is 550 g/mol. The first-order valence-corrected chi connectivity index (χ1v) is 12.4. The van der Waals surface area contributed by atoms with Crippen molar-refractivity contribution >= 4 is 5.69 Å². The van der Waals surface area contributed by atoms with Gasteiger partial charge in [-0.1, -0.05) is 41.6 Å². The van der Waals surface area contributed by atoms with E-state index in [-0.39, 0.29) is 36.4 Å². The molecule has 2 aromatic carbocycles. The van der Waals surface area contributed by atoms with Crippen LogP contribution in [0.2, 0.25) is 0 Å². The van der Waals surface area contributed by atoms with Crippen LogP contribution >= 0.6 is 0 Å². The molecule has 4 aromatic rings. The predicted octanol–water partition coefficient (Wildman–Crippen LogP) is 1.11. The summed E-state index contributed by atoms with van der Waals surface area (Å²) in [5.74, 6) is 0. The van der Waals surface area contributed by atoms with Crippen molar-refractivity contribution in [3.63, 3.8) is 0 Å². The fraction of sp³-hybridized carbons (Fsp3) is 0.308. The van der Waals surface area contributed by atoms with Gasteiger partial charge in [0, 0.05) is 24.2 Å². The lowest BCUT2D eigenvalue weighted by molar-refractivity contribution is -0.385. The smallest absolute Gasteiger partial charge is 0.330 e. The molecule has 14 nitrogen and oxygen atoms in total. The summed E-state index contributed by atoms with van der Waals surface area (Å²) in [6.07, 6.45) is 0.324. The molecule has 1 fully saturated rings. The molecule has 3 N–H and O–H groups in total. The second kappa shape index (κ2) is 11.7. The lowest BCUT2D eigenvalue weighted by Crippen LogP contribution is -2.34. The molecule has 208 valence electrons. The number of hydrogen-bond acceptors (Lipinski definition) is 10. The van der Waals surface area contributed by atoms with Gasteiger partial charge < -0.3 is 19.7 Å². The number of aliphatic hydroxyl groups is 2. The van der Waals surface area contributed by atoms with Crippen molar-refractivity contribution < 1.29 is 24.6 Å². The molecule has 1 aliphatic heterocycles. The largest absolute Gasteiger partial charge is 0.394 e. The number of rotatable bonds is 10. The summed E-state index contributed by atoms with van der Waals surface area (Å²) in [5.41, 5.74) is 0.786. The zero-order chi connectivity index (χ0) is 28.2. The molecule has 1 unspecified atom stereocenters. The Morgan fingerprint density at radius 2 is 1.90 bits per heavy atom. The van der Waals surface area contributed by atoms with E-state index in [1.807, 2.05) is 30.3 Å². The van der Waals surface area contributed by atoms with E-state index in [2.05, 4.69) is 15.3 Å². The van der Waals surface area contributed by atoms with Gasteiger partial charge >= 0.3 is 5.69 Å². The van der Waals surface area contributed by atoms with Gasteiger partial charge in [0.15, 0.2) is 0 Å². The number of nitrogens with one attached hydrogen (secondary N) is 1. The fourth-order valence-electron chi connectivity index (χ4n) is 4.46. The standard InChI is InChI=1S/C26H26N6O8/c33-13-23-22(34)9-24(40-23)31-11-19(25(35)27-26(31)36)15-39-14-18-7-6-17(8-21(18)32(37)38)20-12-30(29-28-20)10-16-4-2-1-3-5-16/h1-8,11-12,22-24,33-34H,9-10,13-15H2,(H,27,35,36)/t22?,23-,24-/m1/s1. The number of nitro groups is 1. The first-order valence-electron chi connectivity index (χ1n) is 12.4. The molecule has 40 heavy (non-hydrogen) atoms. The van der Waals surface area contributed by atoms with Crippen LogP contribution in [0.5, 0.6) is 0 Å². The first-order chi connectivity index (χ1) is 19.3. The molecule has 3 atom stereocenters. The Morgan fingerprint density at radius 3 is 2.62 bits per heavy atom. The van der Waals surface area contributed by atoms with Gasteiger partial charge in [-0.2, -0.15) is 0 Å². The minimum Gasteiger partial charge on any atom is -0.394 e. The van der Waals surface area contributed by atoms with Crippen LogP contribution in [0.1, 0.15) is 29.3 Å². The third-order valence-corrected chi connectivity index (χ3v) is 6.55. The Morgan fingerprint density at radius 1 is 1.12 bits per heavy atom. The highest BCUT2D eigenvalue weighted by Crippen LogP contribution is 2.28. The number of nitro benzene ring substituents is 1. The Bertz CT molecular complexity index is 1620. The first kappa shape index (κ1) is 27.1. The zero-order valence-electron chi connectivity index (χ0n) is 21.1. The number of benzene rings is 2.